The van der Waals surface area contributed by atoms with Gasteiger partial charge < -0.3 is 4.90 Å². The second-order valence-corrected chi connectivity index (χ2v) is 8.39. The molecule has 4 rings (SSSR count). The third-order valence-corrected chi connectivity index (χ3v) is 6.08. The molecule has 0 radical (unpaired) electrons. The number of hydrogen-bond donors (Lipinski definition) is 0. The Kier molecular flexibility index (Phi) is 6.43. The van der Waals surface area contributed by atoms with Crippen LogP contribution in [0.3, 0.4) is 0 Å². The molecule has 0 aliphatic carbocycles. The fourth-order valence-electron chi connectivity index (χ4n) is 3.57. The Bertz CT molecular complexity index is 1040. The number of pyridine rings is 1. The molecule has 5 nitrogen and oxygen atoms in total. The highest BCUT2D eigenvalue weighted by molar-refractivity contribution is 14.1. The van der Waals surface area contributed by atoms with E-state index in [9.17, 15) is 8.78 Å². The van der Waals surface area contributed by atoms with Crippen LogP contribution in [0.25, 0.3) is 11.9 Å². The lowest BCUT2D eigenvalue weighted by Crippen LogP contribution is -2.46. The fraction of sp³-hybridized carbons (Fsp3) is 0.273. The van der Waals surface area contributed by atoms with E-state index in [1.165, 1.54) is 12.1 Å². The SMILES string of the molecule is Cc1c(C=CCN2CCN(c3cc(F)cc(F)c3)CC2)cnn1-c1ncccc1I. The third-order valence-electron chi connectivity index (χ3n) is 5.23. The van der Waals surface area contributed by atoms with Gasteiger partial charge in [0.05, 0.1) is 15.5 Å². The van der Waals surface area contributed by atoms with Crippen molar-refractivity contribution in [3.05, 3.63) is 75.3 Å². The Morgan fingerprint density at radius 2 is 1.83 bits per heavy atom. The van der Waals surface area contributed by atoms with Gasteiger partial charge in [-0.25, -0.2) is 18.4 Å². The van der Waals surface area contributed by atoms with Gasteiger partial charge in [-0.1, -0.05) is 12.2 Å². The van der Waals surface area contributed by atoms with E-state index < -0.39 is 11.6 Å². The van der Waals surface area contributed by atoms with Gasteiger partial charge in [-0.05, 0) is 53.8 Å². The summed E-state index contributed by atoms with van der Waals surface area (Å²) in [7, 11) is 0. The van der Waals surface area contributed by atoms with Crippen molar-refractivity contribution in [3.63, 3.8) is 0 Å². The van der Waals surface area contributed by atoms with Crippen LogP contribution in [0.4, 0.5) is 14.5 Å². The van der Waals surface area contributed by atoms with E-state index in [1.807, 2.05) is 34.8 Å². The maximum Gasteiger partial charge on any atom is 0.167 e. The number of rotatable bonds is 5. The van der Waals surface area contributed by atoms with Crippen LogP contribution in [0.2, 0.25) is 0 Å². The zero-order chi connectivity index (χ0) is 21.1. The van der Waals surface area contributed by atoms with Crippen molar-refractivity contribution in [1.29, 1.82) is 0 Å². The first-order chi connectivity index (χ1) is 14.5. The van der Waals surface area contributed by atoms with Crippen molar-refractivity contribution in [3.8, 4) is 5.82 Å². The van der Waals surface area contributed by atoms with Gasteiger partial charge in [0.15, 0.2) is 5.82 Å². The summed E-state index contributed by atoms with van der Waals surface area (Å²) in [5, 5.41) is 4.49. The zero-order valence-electron chi connectivity index (χ0n) is 16.6. The average Bonchev–Trinajstić information content (AvgIpc) is 3.08. The van der Waals surface area contributed by atoms with Crippen LogP contribution in [0.5, 0.6) is 0 Å². The first kappa shape index (κ1) is 20.9. The number of hydrogen-bond acceptors (Lipinski definition) is 4. The molecule has 0 bridgehead atoms. The van der Waals surface area contributed by atoms with Gasteiger partial charge in [-0.3, -0.25) is 4.90 Å². The van der Waals surface area contributed by atoms with Crippen LogP contribution in [-0.2, 0) is 0 Å². The van der Waals surface area contributed by atoms with Crippen molar-refractivity contribution >= 4 is 34.4 Å². The molecule has 2 aromatic heterocycles. The molecule has 3 heterocycles. The summed E-state index contributed by atoms with van der Waals surface area (Å²) in [4.78, 5) is 8.77. The second kappa shape index (κ2) is 9.22. The van der Waals surface area contributed by atoms with Crippen LogP contribution < -0.4 is 4.90 Å². The first-order valence-electron chi connectivity index (χ1n) is 9.77. The Labute approximate surface area is 188 Å². The molecule has 1 aromatic carbocycles. The summed E-state index contributed by atoms with van der Waals surface area (Å²) in [6.45, 7) is 6.02. The largest absolute Gasteiger partial charge is 0.369 e. The lowest BCUT2D eigenvalue weighted by molar-refractivity contribution is 0.284. The number of nitrogens with zero attached hydrogens (tertiary/aromatic N) is 5. The quantitative estimate of drug-likeness (QED) is 0.470. The Hall–Kier alpha value is -2.33. The molecule has 1 fully saturated rings. The van der Waals surface area contributed by atoms with Crippen LogP contribution in [0, 0.1) is 22.1 Å². The Morgan fingerprint density at radius 3 is 2.53 bits per heavy atom. The van der Waals surface area contributed by atoms with Crippen molar-refractivity contribution in [2.75, 3.05) is 37.6 Å². The molecule has 0 unspecified atom stereocenters. The predicted molar refractivity (Wildman–Crippen MR) is 123 cm³/mol. The summed E-state index contributed by atoms with van der Waals surface area (Å²) in [6.07, 6.45) is 7.84. The Balaban J connectivity index is 1.34. The van der Waals surface area contributed by atoms with Crippen LogP contribution >= 0.6 is 22.6 Å². The molecule has 0 atom stereocenters. The van der Waals surface area contributed by atoms with Gasteiger partial charge in [-0.15, -0.1) is 0 Å². The van der Waals surface area contributed by atoms with Crippen LogP contribution in [-0.4, -0.2) is 52.4 Å². The molecular formula is C22H22F2IN5. The second-order valence-electron chi connectivity index (χ2n) is 7.22. The summed E-state index contributed by atoms with van der Waals surface area (Å²) in [6, 6.07) is 7.61. The van der Waals surface area contributed by atoms with Gasteiger partial charge in [0.2, 0.25) is 0 Å². The number of halogens is 3. The van der Waals surface area contributed by atoms with Crippen molar-refractivity contribution < 1.29 is 8.78 Å². The maximum atomic E-state index is 13.5. The standard InChI is InChI=1S/C22H22F2IN5/c1-16-17(15-27-30(16)22-21(25)5-2-6-26-22)4-3-7-28-8-10-29(11-9-28)20-13-18(23)12-19(24)14-20/h2-6,12-15H,7-11H2,1H3. The average molecular weight is 521 g/mol. The van der Waals surface area contributed by atoms with E-state index in [1.54, 1.807) is 6.20 Å². The third kappa shape index (κ3) is 4.70. The van der Waals surface area contributed by atoms with Crippen molar-refractivity contribution in [2.45, 2.75) is 6.92 Å². The minimum absolute atomic E-state index is 0.535. The van der Waals surface area contributed by atoms with E-state index in [4.69, 9.17) is 0 Å². The highest BCUT2D eigenvalue weighted by atomic mass is 127. The van der Waals surface area contributed by atoms with Crippen LogP contribution in [0.1, 0.15) is 11.3 Å². The van der Waals surface area contributed by atoms with Gasteiger partial charge in [-0.2, -0.15) is 5.10 Å². The molecule has 1 aliphatic rings. The van der Waals surface area contributed by atoms with Gasteiger partial charge >= 0.3 is 0 Å². The van der Waals surface area contributed by atoms with Crippen molar-refractivity contribution in [2.24, 2.45) is 0 Å². The summed E-state index contributed by atoms with van der Waals surface area (Å²) < 4.78 is 29.8. The smallest absolute Gasteiger partial charge is 0.167 e. The van der Waals surface area contributed by atoms with Gasteiger partial charge in [0, 0.05) is 56.2 Å². The van der Waals surface area contributed by atoms with Gasteiger partial charge in [0.25, 0.3) is 0 Å². The molecule has 30 heavy (non-hydrogen) atoms. The van der Waals surface area contributed by atoms with E-state index in [0.717, 1.165) is 59.4 Å². The monoisotopic (exact) mass is 521 g/mol. The molecular weight excluding hydrogens is 499 g/mol. The lowest BCUT2D eigenvalue weighted by atomic mass is 10.2. The molecule has 0 amide bonds. The summed E-state index contributed by atoms with van der Waals surface area (Å²) in [5.74, 6) is -0.238. The molecule has 0 N–H and O–H groups in total. The predicted octanol–water partition coefficient (Wildman–Crippen LogP) is 4.29. The fourth-order valence-corrected chi connectivity index (χ4v) is 4.15. The maximum absolute atomic E-state index is 13.5. The van der Waals surface area contributed by atoms with E-state index >= 15 is 0 Å². The van der Waals surface area contributed by atoms with Crippen LogP contribution in [0.15, 0.2) is 48.8 Å². The Morgan fingerprint density at radius 1 is 1.10 bits per heavy atom. The minimum atomic E-state index is -0.535. The molecule has 1 aliphatic heterocycles. The first-order valence-corrected chi connectivity index (χ1v) is 10.8. The number of piperazine rings is 1. The summed E-state index contributed by atoms with van der Waals surface area (Å²) >= 11 is 2.26. The van der Waals surface area contributed by atoms with E-state index in [-0.39, 0.29) is 0 Å². The lowest BCUT2D eigenvalue weighted by Gasteiger charge is -2.35. The number of anilines is 1. The van der Waals surface area contributed by atoms with Crippen molar-refractivity contribution in [1.82, 2.24) is 19.7 Å². The van der Waals surface area contributed by atoms with E-state index in [2.05, 4.69) is 49.7 Å². The topological polar surface area (TPSA) is 37.2 Å². The molecule has 156 valence electrons. The zero-order valence-corrected chi connectivity index (χ0v) is 18.8. The molecule has 1 saturated heterocycles. The van der Waals surface area contributed by atoms with E-state index in [0.29, 0.717) is 5.69 Å². The molecule has 0 saturated carbocycles. The summed E-state index contributed by atoms with van der Waals surface area (Å²) in [5.41, 5.74) is 2.71. The molecule has 8 heteroatoms. The highest BCUT2D eigenvalue weighted by Gasteiger charge is 2.17. The minimum Gasteiger partial charge on any atom is -0.369 e. The highest BCUT2D eigenvalue weighted by Crippen LogP contribution is 2.20. The molecule has 3 aromatic rings. The normalized spacial score (nSPS) is 15.3. The molecule has 0 spiro atoms. The number of aromatic nitrogens is 3. The number of benzene rings is 1. The van der Waals surface area contributed by atoms with Gasteiger partial charge in [0.1, 0.15) is 11.6 Å².